The van der Waals surface area contributed by atoms with Crippen molar-refractivity contribution in [2.24, 2.45) is 0 Å². The van der Waals surface area contributed by atoms with Crippen LogP contribution in [0.4, 0.5) is 0 Å². The summed E-state index contributed by atoms with van der Waals surface area (Å²) in [7, 11) is 0. The van der Waals surface area contributed by atoms with Crippen LogP contribution in [0.2, 0.25) is 0 Å². The predicted octanol–water partition coefficient (Wildman–Crippen LogP) is 5.66. The fourth-order valence-corrected chi connectivity index (χ4v) is 4.50. The van der Waals surface area contributed by atoms with Crippen molar-refractivity contribution in [1.29, 1.82) is 0 Å². The molecule has 1 aromatic heterocycles. The molecule has 8 heteroatoms. The lowest BCUT2D eigenvalue weighted by Gasteiger charge is -2.12. The number of halogens is 1. The summed E-state index contributed by atoms with van der Waals surface area (Å²) in [6.45, 7) is 0.299. The van der Waals surface area contributed by atoms with Crippen molar-refractivity contribution in [3.8, 4) is 5.75 Å². The van der Waals surface area contributed by atoms with Gasteiger partial charge in [-0.05, 0) is 64.0 Å². The SMILES string of the molecule is O=C(Oc1ccc(C=C2SC(=S)N(Cc3ccco3)C2=O)cc1Br)c1ccccc1. The van der Waals surface area contributed by atoms with Crippen LogP contribution in [0.15, 0.2) is 80.7 Å². The van der Waals surface area contributed by atoms with Gasteiger partial charge in [0.05, 0.1) is 27.7 Å². The van der Waals surface area contributed by atoms with E-state index in [0.29, 0.717) is 37.3 Å². The number of furan rings is 1. The lowest BCUT2D eigenvalue weighted by Crippen LogP contribution is -2.27. The number of benzene rings is 2. The molecule has 150 valence electrons. The number of nitrogens with zero attached hydrogens (tertiary/aromatic N) is 1. The Kier molecular flexibility index (Phi) is 6.17. The summed E-state index contributed by atoms with van der Waals surface area (Å²) in [5, 5.41) is 0. The fourth-order valence-electron chi connectivity index (χ4n) is 2.77. The van der Waals surface area contributed by atoms with Gasteiger partial charge < -0.3 is 9.15 Å². The third kappa shape index (κ3) is 4.56. The molecule has 2 heterocycles. The second kappa shape index (κ2) is 8.99. The van der Waals surface area contributed by atoms with Crippen LogP contribution in [-0.2, 0) is 11.3 Å². The molecule has 4 rings (SSSR count). The summed E-state index contributed by atoms with van der Waals surface area (Å²) in [4.78, 5) is 27.0. The Morgan fingerprint density at radius 3 is 2.67 bits per heavy atom. The number of hydrogen-bond donors (Lipinski definition) is 0. The van der Waals surface area contributed by atoms with E-state index in [9.17, 15) is 9.59 Å². The number of thiocarbonyl (C=S) groups is 1. The zero-order valence-corrected chi connectivity index (χ0v) is 18.6. The van der Waals surface area contributed by atoms with E-state index in [-0.39, 0.29) is 5.91 Å². The number of amides is 1. The van der Waals surface area contributed by atoms with E-state index in [0.717, 1.165) is 5.56 Å². The molecule has 2 aromatic carbocycles. The summed E-state index contributed by atoms with van der Waals surface area (Å²) < 4.78 is 11.8. The second-order valence-corrected chi connectivity index (χ2v) is 8.82. The first-order valence-corrected chi connectivity index (χ1v) is 10.9. The molecule has 0 N–H and O–H groups in total. The van der Waals surface area contributed by atoms with Gasteiger partial charge in [0.1, 0.15) is 15.8 Å². The number of esters is 1. The molecule has 1 amide bonds. The Bertz CT molecular complexity index is 1140. The van der Waals surface area contributed by atoms with Gasteiger partial charge in [-0.3, -0.25) is 9.69 Å². The average Bonchev–Trinajstić information content (AvgIpc) is 3.35. The molecule has 0 spiro atoms. The van der Waals surface area contributed by atoms with Crippen molar-refractivity contribution >= 4 is 62.2 Å². The molecule has 0 atom stereocenters. The maximum Gasteiger partial charge on any atom is 0.343 e. The highest BCUT2D eigenvalue weighted by atomic mass is 79.9. The van der Waals surface area contributed by atoms with Crippen LogP contribution in [0.3, 0.4) is 0 Å². The van der Waals surface area contributed by atoms with E-state index in [1.807, 2.05) is 6.07 Å². The highest BCUT2D eigenvalue weighted by Gasteiger charge is 2.32. The van der Waals surface area contributed by atoms with Crippen LogP contribution in [0, 0.1) is 0 Å². The van der Waals surface area contributed by atoms with E-state index in [2.05, 4.69) is 15.9 Å². The minimum atomic E-state index is -0.442. The van der Waals surface area contributed by atoms with Crippen LogP contribution in [0.5, 0.6) is 5.75 Å². The van der Waals surface area contributed by atoms with Gasteiger partial charge in [0, 0.05) is 0 Å². The summed E-state index contributed by atoms with van der Waals surface area (Å²) in [6.07, 6.45) is 3.32. The number of rotatable bonds is 5. The molecule has 0 unspecified atom stereocenters. The van der Waals surface area contributed by atoms with Crippen LogP contribution in [-0.4, -0.2) is 21.1 Å². The molecule has 1 aliphatic heterocycles. The molecule has 1 aliphatic rings. The van der Waals surface area contributed by atoms with Gasteiger partial charge in [0.25, 0.3) is 5.91 Å². The predicted molar refractivity (Wildman–Crippen MR) is 123 cm³/mol. The number of carbonyl (C=O) groups excluding carboxylic acids is 2. The van der Waals surface area contributed by atoms with Crippen molar-refractivity contribution in [2.45, 2.75) is 6.54 Å². The third-order valence-electron chi connectivity index (χ3n) is 4.23. The van der Waals surface area contributed by atoms with Gasteiger partial charge in [0.15, 0.2) is 0 Å². The Morgan fingerprint density at radius 2 is 1.97 bits per heavy atom. The lowest BCUT2D eigenvalue weighted by molar-refractivity contribution is -0.122. The number of carbonyl (C=O) groups is 2. The zero-order valence-electron chi connectivity index (χ0n) is 15.4. The topological polar surface area (TPSA) is 59.8 Å². The Morgan fingerprint density at radius 1 is 1.17 bits per heavy atom. The molecule has 0 radical (unpaired) electrons. The number of thioether (sulfide) groups is 1. The van der Waals surface area contributed by atoms with Gasteiger partial charge in [-0.2, -0.15) is 0 Å². The standard InChI is InChI=1S/C22H14BrNO4S2/c23-17-11-14(8-9-18(17)28-21(26)15-5-2-1-3-6-15)12-19-20(25)24(22(29)30-19)13-16-7-4-10-27-16/h1-12H,13H2. The van der Waals surface area contributed by atoms with Crippen LogP contribution in [0.25, 0.3) is 6.08 Å². The minimum Gasteiger partial charge on any atom is -0.467 e. The van der Waals surface area contributed by atoms with E-state index in [4.69, 9.17) is 21.4 Å². The summed E-state index contributed by atoms with van der Waals surface area (Å²) >= 11 is 10.0. The molecule has 1 saturated heterocycles. The summed E-state index contributed by atoms with van der Waals surface area (Å²) in [6, 6.07) is 17.6. The van der Waals surface area contributed by atoms with E-state index in [1.54, 1.807) is 66.9 Å². The van der Waals surface area contributed by atoms with Gasteiger partial charge >= 0.3 is 5.97 Å². The third-order valence-corrected chi connectivity index (χ3v) is 6.23. The molecule has 30 heavy (non-hydrogen) atoms. The highest BCUT2D eigenvalue weighted by Crippen LogP contribution is 2.35. The molecule has 1 fully saturated rings. The quantitative estimate of drug-likeness (QED) is 0.195. The first kappa shape index (κ1) is 20.6. The van der Waals surface area contributed by atoms with Crippen molar-refractivity contribution in [1.82, 2.24) is 4.90 Å². The Balaban J connectivity index is 1.49. The molecule has 0 saturated carbocycles. The van der Waals surface area contributed by atoms with Crippen LogP contribution >= 0.6 is 39.9 Å². The van der Waals surface area contributed by atoms with Crippen LogP contribution in [0.1, 0.15) is 21.7 Å². The molecule has 0 bridgehead atoms. The van der Waals surface area contributed by atoms with Gasteiger partial charge in [-0.25, -0.2) is 4.79 Å². The van der Waals surface area contributed by atoms with Crippen molar-refractivity contribution in [2.75, 3.05) is 0 Å². The smallest absolute Gasteiger partial charge is 0.343 e. The van der Waals surface area contributed by atoms with Crippen molar-refractivity contribution in [3.05, 3.63) is 93.2 Å². The average molecular weight is 500 g/mol. The lowest BCUT2D eigenvalue weighted by atomic mass is 10.2. The van der Waals surface area contributed by atoms with E-state index < -0.39 is 5.97 Å². The van der Waals surface area contributed by atoms with E-state index in [1.165, 1.54) is 16.7 Å². The van der Waals surface area contributed by atoms with Crippen molar-refractivity contribution < 1.29 is 18.7 Å². The summed E-state index contributed by atoms with van der Waals surface area (Å²) in [5.41, 5.74) is 1.24. The van der Waals surface area contributed by atoms with Crippen molar-refractivity contribution in [3.63, 3.8) is 0 Å². The number of hydrogen-bond acceptors (Lipinski definition) is 6. The van der Waals surface area contributed by atoms with Gasteiger partial charge in [-0.15, -0.1) is 0 Å². The molecule has 0 aliphatic carbocycles. The fraction of sp³-hybridized carbons (Fsp3) is 0.0455. The molecule has 3 aromatic rings. The zero-order chi connectivity index (χ0) is 21.1. The normalized spacial score (nSPS) is 15.1. The Labute approximate surface area is 190 Å². The molecular formula is C22H14BrNO4S2. The van der Waals surface area contributed by atoms with Crippen LogP contribution < -0.4 is 4.74 Å². The maximum atomic E-state index is 12.7. The van der Waals surface area contributed by atoms with Gasteiger partial charge in [-0.1, -0.05) is 48.2 Å². The molecular weight excluding hydrogens is 486 g/mol. The summed E-state index contributed by atoms with van der Waals surface area (Å²) in [5.74, 6) is 0.450. The second-order valence-electron chi connectivity index (χ2n) is 6.29. The highest BCUT2D eigenvalue weighted by molar-refractivity contribution is 9.10. The Hall–Kier alpha value is -2.68. The minimum absolute atomic E-state index is 0.169. The molecule has 5 nitrogen and oxygen atoms in total. The first-order valence-electron chi connectivity index (χ1n) is 8.86. The monoisotopic (exact) mass is 499 g/mol. The maximum absolute atomic E-state index is 12.7. The number of ether oxygens (including phenoxy) is 1. The van der Waals surface area contributed by atoms with E-state index >= 15 is 0 Å². The largest absolute Gasteiger partial charge is 0.467 e. The first-order chi connectivity index (χ1) is 14.5. The van der Waals surface area contributed by atoms with Gasteiger partial charge in [0.2, 0.25) is 0 Å².